The zero-order valence-corrected chi connectivity index (χ0v) is 7.84. The molecule has 0 aliphatic heterocycles. The molecule has 0 aromatic carbocycles. The van der Waals surface area contributed by atoms with Gasteiger partial charge in [0.2, 0.25) is 0 Å². The summed E-state index contributed by atoms with van der Waals surface area (Å²) in [5.74, 6) is 0. The maximum Gasteiger partial charge on any atom is 0.0540 e. The van der Waals surface area contributed by atoms with E-state index in [4.69, 9.17) is 0 Å². The predicted octanol–water partition coefficient (Wildman–Crippen LogP) is 3.04. The topological polar surface area (TPSA) is 20.2 Å². The Balaban J connectivity index is 2.21. The Hall–Kier alpha value is -0.300. The van der Waals surface area contributed by atoms with Crippen molar-refractivity contribution in [3.05, 3.63) is 12.2 Å². The zero-order chi connectivity index (χ0) is 8.65. The first-order valence-electron chi connectivity index (χ1n) is 5.22. The van der Waals surface area contributed by atoms with E-state index < -0.39 is 0 Å². The highest BCUT2D eigenvalue weighted by molar-refractivity contribution is 4.82. The smallest absolute Gasteiger partial charge is 0.0540 e. The van der Waals surface area contributed by atoms with E-state index in [-0.39, 0.29) is 6.10 Å². The molecule has 0 amide bonds. The number of allylic oxidation sites excluding steroid dienone is 2. The highest BCUT2D eigenvalue weighted by Crippen LogP contribution is 2.13. The van der Waals surface area contributed by atoms with Crippen molar-refractivity contribution < 1.29 is 5.11 Å². The van der Waals surface area contributed by atoms with Crippen LogP contribution in [0.25, 0.3) is 0 Å². The van der Waals surface area contributed by atoms with Gasteiger partial charge >= 0.3 is 0 Å². The van der Waals surface area contributed by atoms with E-state index in [2.05, 4.69) is 12.2 Å². The monoisotopic (exact) mass is 168 g/mol. The molecule has 0 bridgehead atoms. The molecule has 1 nitrogen and oxygen atoms in total. The summed E-state index contributed by atoms with van der Waals surface area (Å²) in [5, 5.41) is 9.50. The summed E-state index contributed by atoms with van der Waals surface area (Å²) < 4.78 is 0. The predicted molar refractivity (Wildman–Crippen MR) is 52.1 cm³/mol. The highest BCUT2D eigenvalue weighted by Gasteiger charge is 2.03. The molecular formula is C11H20O. The quantitative estimate of drug-likeness (QED) is 0.551. The van der Waals surface area contributed by atoms with Crippen molar-refractivity contribution in [3.63, 3.8) is 0 Å². The Kier molecular flexibility index (Phi) is 5.09. The van der Waals surface area contributed by atoms with E-state index >= 15 is 0 Å². The summed E-state index contributed by atoms with van der Waals surface area (Å²) in [7, 11) is 0. The summed E-state index contributed by atoms with van der Waals surface area (Å²) >= 11 is 0. The third-order valence-electron chi connectivity index (χ3n) is 2.48. The highest BCUT2D eigenvalue weighted by atomic mass is 16.3. The summed E-state index contributed by atoms with van der Waals surface area (Å²) in [6.07, 6.45) is 13.8. The van der Waals surface area contributed by atoms with Gasteiger partial charge in [0.1, 0.15) is 0 Å². The average molecular weight is 168 g/mol. The van der Waals surface area contributed by atoms with Crippen molar-refractivity contribution in [1.82, 2.24) is 0 Å². The van der Waals surface area contributed by atoms with Gasteiger partial charge in [-0.25, -0.2) is 0 Å². The van der Waals surface area contributed by atoms with Crippen LogP contribution < -0.4 is 0 Å². The van der Waals surface area contributed by atoms with Crippen LogP contribution in [0.1, 0.15) is 51.4 Å². The van der Waals surface area contributed by atoms with Crippen LogP contribution in [0.4, 0.5) is 0 Å². The number of hydrogen-bond donors (Lipinski definition) is 1. The second-order valence-corrected chi connectivity index (χ2v) is 3.69. The fourth-order valence-electron chi connectivity index (χ4n) is 1.67. The summed E-state index contributed by atoms with van der Waals surface area (Å²) in [4.78, 5) is 0. The van der Waals surface area contributed by atoms with E-state index in [1.54, 1.807) is 0 Å². The molecule has 1 aliphatic carbocycles. The molecule has 0 fully saturated rings. The molecule has 1 atom stereocenters. The minimum absolute atomic E-state index is 0.0310. The molecule has 0 saturated carbocycles. The molecule has 1 unspecified atom stereocenters. The summed E-state index contributed by atoms with van der Waals surface area (Å²) in [5.41, 5.74) is 0. The van der Waals surface area contributed by atoms with Crippen molar-refractivity contribution in [2.75, 3.05) is 0 Å². The van der Waals surface area contributed by atoms with Gasteiger partial charge in [0.25, 0.3) is 0 Å². The van der Waals surface area contributed by atoms with E-state index in [1.165, 1.54) is 25.7 Å². The molecule has 1 rings (SSSR count). The van der Waals surface area contributed by atoms with Crippen LogP contribution in [-0.4, -0.2) is 11.2 Å². The molecule has 12 heavy (non-hydrogen) atoms. The molecule has 0 aromatic rings. The van der Waals surface area contributed by atoms with Crippen molar-refractivity contribution >= 4 is 0 Å². The van der Waals surface area contributed by atoms with Crippen LogP contribution in [0.3, 0.4) is 0 Å². The Bertz CT molecular complexity index is 129. The van der Waals surface area contributed by atoms with Crippen LogP contribution in [0, 0.1) is 0 Å². The van der Waals surface area contributed by atoms with Crippen molar-refractivity contribution in [2.45, 2.75) is 57.5 Å². The number of rotatable bonds is 0. The maximum atomic E-state index is 9.50. The van der Waals surface area contributed by atoms with Gasteiger partial charge in [-0.2, -0.15) is 0 Å². The SMILES string of the molecule is OC1CCC/C=C/CCCCC1. The standard InChI is InChI=1S/C11H20O/c12-11-9-7-5-3-1-2-4-6-8-10-11/h1,3,11-12H,2,4-10H2/b3-1+. The maximum absolute atomic E-state index is 9.50. The largest absolute Gasteiger partial charge is 0.393 e. The Morgan fingerprint density at radius 1 is 0.833 bits per heavy atom. The van der Waals surface area contributed by atoms with Crippen LogP contribution >= 0.6 is 0 Å². The molecule has 1 aliphatic rings. The molecule has 1 N–H and O–H groups in total. The van der Waals surface area contributed by atoms with Gasteiger partial charge in [0.15, 0.2) is 0 Å². The average Bonchev–Trinajstić information content (AvgIpc) is 2.11. The van der Waals surface area contributed by atoms with E-state index in [0.717, 1.165) is 25.7 Å². The summed E-state index contributed by atoms with van der Waals surface area (Å²) in [6.45, 7) is 0. The summed E-state index contributed by atoms with van der Waals surface area (Å²) in [6, 6.07) is 0. The van der Waals surface area contributed by atoms with E-state index in [1.807, 2.05) is 0 Å². The fourth-order valence-corrected chi connectivity index (χ4v) is 1.67. The molecule has 0 radical (unpaired) electrons. The Morgan fingerprint density at radius 3 is 2.33 bits per heavy atom. The van der Waals surface area contributed by atoms with Gasteiger partial charge < -0.3 is 5.11 Å². The van der Waals surface area contributed by atoms with Crippen LogP contribution in [0.5, 0.6) is 0 Å². The molecule has 0 spiro atoms. The van der Waals surface area contributed by atoms with Crippen LogP contribution in [-0.2, 0) is 0 Å². The van der Waals surface area contributed by atoms with E-state index in [0.29, 0.717) is 0 Å². The van der Waals surface area contributed by atoms with Gasteiger partial charge in [0.05, 0.1) is 6.10 Å². The number of aliphatic hydroxyl groups excluding tert-OH is 1. The van der Waals surface area contributed by atoms with Gasteiger partial charge in [-0.05, 0) is 38.5 Å². The minimum Gasteiger partial charge on any atom is -0.393 e. The van der Waals surface area contributed by atoms with Crippen LogP contribution in [0.15, 0.2) is 12.2 Å². The number of aliphatic hydroxyl groups is 1. The third-order valence-corrected chi connectivity index (χ3v) is 2.48. The molecule has 0 saturated heterocycles. The van der Waals surface area contributed by atoms with Crippen molar-refractivity contribution in [2.24, 2.45) is 0 Å². The minimum atomic E-state index is -0.0310. The first-order chi connectivity index (χ1) is 5.89. The molecular weight excluding hydrogens is 148 g/mol. The third kappa shape index (κ3) is 4.55. The molecule has 1 heteroatoms. The van der Waals surface area contributed by atoms with Gasteiger partial charge in [-0.3, -0.25) is 0 Å². The van der Waals surface area contributed by atoms with Crippen molar-refractivity contribution in [1.29, 1.82) is 0 Å². The lowest BCUT2D eigenvalue weighted by molar-refractivity contribution is 0.149. The van der Waals surface area contributed by atoms with Crippen LogP contribution in [0.2, 0.25) is 0 Å². The first-order valence-corrected chi connectivity index (χ1v) is 5.22. The zero-order valence-electron chi connectivity index (χ0n) is 7.84. The lowest BCUT2D eigenvalue weighted by Gasteiger charge is -2.08. The fraction of sp³-hybridized carbons (Fsp3) is 0.818. The lowest BCUT2D eigenvalue weighted by Crippen LogP contribution is -2.05. The van der Waals surface area contributed by atoms with Gasteiger partial charge in [-0.15, -0.1) is 0 Å². The molecule has 0 aromatic heterocycles. The first kappa shape index (κ1) is 9.79. The molecule has 0 heterocycles. The Morgan fingerprint density at radius 2 is 1.50 bits per heavy atom. The lowest BCUT2D eigenvalue weighted by atomic mass is 10.1. The van der Waals surface area contributed by atoms with Crippen molar-refractivity contribution in [3.8, 4) is 0 Å². The Labute approximate surface area is 75.5 Å². The normalized spacial score (nSPS) is 30.6. The second-order valence-electron chi connectivity index (χ2n) is 3.69. The number of hydrogen-bond acceptors (Lipinski definition) is 1. The molecule has 70 valence electrons. The second kappa shape index (κ2) is 6.24. The van der Waals surface area contributed by atoms with E-state index in [9.17, 15) is 5.11 Å². The van der Waals surface area contributed by atoms with Gasteiger partial charge in [-0.1, -0.05) is 25.0 Å². The van der Waals surface area contributed by atoms with Gasteiger partial charge in [0, 0.05) is 0 Å².